The van der Waals surface area contributed by atoms with Crippen molar-refractivity contribution in [1.29, 1.82) is 0 Å². The molecule has 3 nitrogen and oxygen atoms in total. The molecule has 4 aromatic carbocycles. The van der Waals surface area contributed by atoms with Gasteiger partial charge in [-0.25, -0.2) is 5.43 Å². The maximum atomic E-state index is 12.3. The van der Waals surface area contributed by atoms with E-state index in [1.165, 1.54) is 0 Å². The van der Waals surface area contributed by atoms with Gasteiger partial charge in [-0.15, -0.1) is 0 Å². The Balaban J connectivity index is 1.73. The summed E-state index contributed by atoms with van der Waals surface area (Å²) in [6.07, 6.45) is 1.69. The molecule has 0 aliphatic heterocycles. The van der Waals surface area contributed by atoms with Crippen LogP contribution in [0.25, 0.3) is 21.5 Å². The highest BCUT2D eigenvalue weighted by Crippen LogP contribution is 2.27. The van der Waals surface area contributed by atoms with E-state index in [9.17, 15) is 4.79 Å². The van der Waals surface area contributed by atoms with Crippen LogP contribution in [-0.2, 0) is 0 Å². The fourth-order valence-electron chi connectivity index (χ4n) is 3.05. The first kappa shape index (κ1) is 16.3. The molecule has 0 unspecified atom stereocenters. The Kier molecular flexibility index (Phi) is 4.38. The Morgan fingerprint density at radius 1 is 0.846 bits per heavy atom. The molecule has 0 bridgehead atoms. The number of nitrogens with zero attached hydrogens (tertiary/aromatic N) is 1. The van der Waals surface area contributed by atoms with Crippen molar-refractivity contribution in [2.24, 2.45) is 5.10 Å². The van der Waals surface area contributed by atoms with Crippen LogP contribution in [0.4, 0.5) is 0 Å². The zero-order valence-corrected chi connectivity index (χ0v) is 14.6. The van der Waals surface area contributed by atoms with E-state index < -0.39 is 0 Å². The van der Waals surface area contributed by atoms with Gasteiger partial charge in [-0.1, -0.05) is 72.3 Å². The zero-order valence-electron chi connectivity index (χ0n) is 13.8. The molecule has 0 radical (unpaired) electrons. The highest BCUT2D eigenvalue weighted by molar-refractivity contribution is 6.33. The average Bonchev–Trinajstić information content (AvgIpc) is 2.67. The van der Waals surface area contributed by atoms with Crippen molar-refractivity contribution in [3.8, 4) is 0 Å². The molecule has 4 aromatic rings. The number of halogens is 1. The van der Waals surface area contributed by atoms with Crippen molar-refractivity contribution >= 4 is 45.3 Å². The third kappa shape index (κ3) is 3.05. The molecule has 126 valence electrons. The molecule has 0 spiro atoms. The SMILES string of the molecule is O=C(N/N=C\c1c2ccccc2cc2ccccc12)c1ccccc1Cl. The highest BCUT2D eigenvalue weighted by Gasteiger charge is 2.09. The summed E-state index contributed by atoms with van der Waals surface area (Å²) in [5.74, 6) is -0.337. The maximum absolute atomic E-state index is 12.3. The van der Waals surface area contributed by atoms with Crippen LogP contribution >= 0.6 is 11.6 Å². The number of amides is 1. The van der Waals surface area contributed by atoms with Gasteiger partial charge in [0.2, 0.25) is 0 Å². The Labute approximate surface area is 155 Å². The summed E-state index contributed by atoms with van der Waals surface area (Å²) in [4.78, 5) is 12.3. The summed E-state index contributed by atoms with van der Waals surface area (Å²) in [5, 5.41) is 9.00. The predicted molar refractivity (Wildman–Crippen MR) is 108 cm³/mol. The van der Waals surface area contributed by atoms with Crippen molar-refractivity contribution in [2.75, 3.05) is 0 Å². The van der Waals surface area contributed by atoms with Gasteiger partial charge in [0, 0.05) is 5.56 Å². The highest BCUT2D eigenvalue weighted by atomic mass is 35.5. The van der Waals surface area contributed by atoms with Crippen molar-refractivity contribution in [2.45, 2.75) is 0 Å². The first-order chi connectivity index (χ1) is 12.7. The fourth-order valence-corrected chi connectivity index (χ4v) is 3.27. The summed E-state index contributed by atoms with van der Waals surface area (Å²) in [6.45, 7) is 0. The topological polar surface area (TPSA) is 41.5 Å². The fraction of sp³-hybridized carbons (Fsp3) is 0. The molecule has 1 N–H and O–H groups in total. The number of hydrazone groups is 1. The molecule has 4 heteroatoms. The van der Waals surface area contributed by atoms with Crippen LogP contribution in [0.1, 0.15) is 15.9 Å². The number of nitrogens with one attached hydrogen (secondary N) is 1. The number of hydrogen-bond donors (Lipinski definition) is 1. The predicted octanol–water partition coefficient (Wildman–Crippen LogP) is 5.41. The lowest BCUT2D eigenvalue weighted by molar-refractivity contribution is 0.0955. The van der Waals surface area contributed by atoms with Gasteiger partial charge < -0.3 is 0 Å². The molecule has 0 aliphatic rings. The molecule has 0 fully saturated rings. The van der Waals surface area contributed by atoms with Crippen molar-refractivity contribution < 1.29 is 4.79 Å². The van der Waals surface area contributed by atoms with Crippen LogP contribution in [0.5, 0.6) is 0 Å². The first-order valence-corrected chi connectivity index (χ1v) is 8.60. The van der Waals surface area contributed by atoms with Gasteiger partial charge in [0.15, 0.2) is 0 Å². The smallest absolute Gasteiger partial charge is 0.267 e. The van der Waals surface area contributed by atoms with E-state index in [-0.39, 0.29) is 5.91 Å². The minimum atomic E-state index is -0.337. The molecule has 0 atom stereocenters. The summed E-state index contributed by atoms with van der Waals surface area (Å²) in [7, 11) is 0. The van der Waals surface area contributed by atoms with Crippen LogP contribution in [0, 0.1) is 0 Å². The largest absolute Gasteiger partial charge is 0.272 e. The number of fused-ring (bicyclic) bond motifs is 2. The van der Waals surface area contributed by atoms with Gasteiger partial charge in [-0.2, -0.15) is 5.10 Å². The third-order valence-electron chi connectivity index (χ3n) is 4.29. The van der Waals surface area contributed by atoms with Gasteiger partial charge >= 0.3 is 0 Å². The molecular formula is C22H15ClN2O. The van der Waals surface area contributed by atoms with E-state index in [4.69, 9.17) is 11.6 Å². The molecule has 26 heavy (non-hydrogen) atoms. The van der Waals surface area contributed by atoms with E-state index in [1.54, 1.807) is 30.5 Å². The lowest BCUT2D eigenvalue weighted by atomic mass is 9.97. The minimum Gasteiger partial charge on any atom is -0.267 e. The second-order valence-corrected chi connectivity index (χ2v) is 6.32. The zero-order chi connectivity index (χ0) is 17.9. The quantitative estimate of drug-likeness (QED) is 0.297. The lowest BCUT2D eigenvalue weighted by Crippen LogP contribution is -2.18. The van der Waals surface area contributed by atoms with Crippen molar-refractivity contribution in [3.05, 3.63) is 95.0 Å². The normalized spacial score (nSPS) is 11.3. The van der Waals surface area contributed by atoms with Crippen LogP contribution < -0.4 is 5.43 Å². The van der Waals surface area contributed by atoms with E-state index in [0.29, 0.717) is 10.6 Å². The summed E-state index contributed by atoms with van der Waals surface area (Å²) in [5.41, 5.74) is 3.93. The van der Waals surface area contributed by atoms with Crippen LogP contribution in [0.2, 0.25) is 5.02 Å². The molecular weight excluding hydrogens is 344 g/mol. The number of hydrogen-bond acceptors (Lipinski definition) is 2. The van der Waals surface area contributed by atoms with E-state index in [0.717, 1.165) is 27.1 Å². The van der Waals surface area contributed by atoms with Gasteiger partial charge in [-0.3, -0.25) is 4.79 Å². The second-order valence-electron chi connectivity index (χ2n) is 5.91. The Morgan fingerprint density at radius 2 is 1.42 bits per heavy atom. The van der Waals surface area contributed by atoms with E-state index in [2.05, 4.69) is 40.9 Å². The monoisotopic (exact) mass is 358 g/mol. The number of carbonyl (C=O) groups is 1. The lowest BCUT2D eigenvalue weighted by Gasteiger charge is -2.08. The molecule has 0 aromatic heterocycles. The number of rotatable bonds is 3. The van der Waals surface area contributed by atoms with E-state index in [1.807, 2.05) is 24.3 Å². The molecule has 0 saturated heterocycles. The van der Waals surface area contributed by atoms with Gasteiger partial charge in [0.05, 0.1) is 16.8 Å². The number of carbonyl (C=O) groups excluding carboxylic acids is 1. The minimum absolute atomic E-state index is 0.337. The second kappa shape index (κ2) is 6.98. The summed E-state index contributed by atoms with van der Waals surface area (Å²) < 4.78 is 0. The average molecular weight is 359 g/mol. The number of benzene rings is 4. The standard InChI is InChI=1S/C22H15ClN2O/c23-21-12-6-5-11-19(21)22(26)25-24-14-20-17-9-3-1-7-15(17)13-16-8-2-4-10-18(16)20/h1-14H,(H,25,26)/b24-14-. The van der Waals surface area contributed by atoms with Crippen LogP contribution in [-0.4, -0.2) is 12.1 Å². The van der Waals surface area contributed by atoms with Crippen molar-refractivity contribution in [1.82, 2.24) is 5.43 Å². The Morgan fingerprint density at radius 3 is 2.08 bits per heavy atom. The molecule has 1 amide bonds. The summed E-state index contributed by atoms with van der Waals surface area (Å²) >= 11 is 6.06. The van der Waals surface area contributed by atoms with Crippen molar-refractivity contribution in [3.63, 3.8) is 0 Å². The van der Waals surface area contributed by atoms with Crippen LogP contribution in [0.3, 0.4) is 0 Å². The van der Waals surface area contributed by atoms with Crippen LogP contribution in [0.15, 0.2) is 84.0 Å². The van der Waals surface area contributed by atoms with E-state index >= 15 is 0 Å². The maximum Gasteiger partial charge on any atom is 0.272 e. The molecule has 0 aliphatic carbocycles. The third-order valence-corrected chi connectivity index (χ3v) is 4.62. The Bertz CT molecular complexity index is 1100. The molecule has 4 rings (SSSR count). The van der Waals surface area contributed by atoms with Gasteiger partial charge in [-0.05, 0) is 39.7 Å². The van der Waals surface area contributed by atoms with Gasteiger partial charge in [0.1, 0.15) is 0 Å². The Hall–Kier alpha value is -3.17. The molecule has 0 saturated carbocycles. The summed E-state index contributed by atoms with van der Waals surface area (Å²) in [6, 6.07) is 25.3. The van der Waals surface area contributed by atoms with Gasteiger partial charge in [0.25, 0.3) is 5.91 Å². The molecule has 0 heterocycles. The first-order valence-electron chi connectivity index (χ1n) is 8.22.